The molecule has 23 heavy (non-hydrogen) atoms. The van der Waals surface area contributed by atoms with Crippen molar-refractivity contribution in [2.24, 2.45) is 29.1 Å². The van der Waals surface area contributed by atoms with Gasteiger partial charge in [0.1, 0.15) is 5.60 Å². The van der Waals surface area contributed by atoms with Crippen LogP contribution in [0.25, 0.3) is 0 Å². The number of rotatable bonds is 1. The molecule has 0 radical (unpaired) electrons. The van der Waals surface area contributed by atoms with E-state index in [-0.39, 0.29) is 5.41 Å². The molecular weight excluding hydrogens is 280 g/mol. The Bertz CT molecular complexity index is 594. The summed E-state index contributed by atoms with van der Waals surface area (Å²) in [4.78, 5) is 0. The van der Waals surface area contributed by atoms with Crippen molar-refractivity contribution in [2.45, 2.75) is 70.3 Å². The maximum Gasteiger partial charge on any atom is 0.131 e. The second-order valence-electron chi connectivity index (χ2n) is 8.54. The zero-order chi connectivity index (χ0) is 16.2. The third-order valence-corrected chi connectivity index (χ3v) is 8.01. The topological polar surface area (TPSA) is 20.2 Å². The SMILES string of the molecule is C#C[C@]1(O)CCC2[C@@H]3CCC4=CCCC[C@H]4[C@H]3C(=C)C[C@@]21CC. The van der Waals surface area contributed by atoms with Crippen molar-refractivity contribution in [1.29, 1.82) is 0 Å². The van der Waals surface area contributed by atoms with Crippen LogP contribution in [0, 0.1) is 41.4 Å². The molecule has 1 N–H and O–H groups in total. The summed E-state index contributed by atoms with van der Waals surface area (Å²) >= 11 is 0. The minimum atomic E-state index is -0.914. The largest absolute Gasteiger partial charge is 0.377 e. The molecule has 4 rings (SSSR count). The number of terminal acetylenes is 1. The summed E-state index contributed by atoms with van der Waals surface area (Å²) in [6.07, 6.45) is 18.6. The molecular formula is C22H30O. The van der Waals surface area contributed by atoms with Gasteiger partial charge in [-0.05, 0) is 81.5 Å². The first kappa shape index (κ1) is 15.5. The van der Waals surface area contributed by atoms with E-state index in [1.165, 1.54) is 37.7 Å². The Morgan fingerprint density at radius 3 is 2.96 bits per heavy atom. The molecule has 0 aromatic rings. The second kappa shape index (κ2) is 5.25. The van der Waals surface area contributed by atoms with Crippen molar-refractivity contribution in [1.82, 2.24) is 0 Å². The molecule has 4 aliphatic rings. The fraction of sp³-hybridized carbons (Fsp3) is 0.727. The van der Waals surface area contributed by atoms with Crippen LogP contribution < -0.4 is 0 Å². The van der Waals surface area contributed by atoms with Crippen LogP contribution in [0.3, 0.4) is 0 Å². The molecule has 4 aliphatic carbocycles. The molecule has 0 spiro atoms. The van der Waals surface area contributed by atoms with E-state index in [0.29, 0.717) is 17.8 Å². The Labute approximate surface area is 141 Å². The van der Waals surface area contributed by atoms with Crippen LogP contribution in [-0.4, -0.2) is 10.7 Å². The minimum Gasteiger partial charge on any atom is -0.377 e. The van der Waals surface area contributed by atoms with Crippen LogP contribution >= 0.6 is 0 Å². The lowest BCUT2D eigenvalue weighted by molar-refractivity contribution is -0.0788. The highest BCUT2D eigenvalue weighted by Gasteiger charge is 2.64. The molecule has 0 aliphatic heterocycles. The molecule has 3 saturated carbocycles. The molecule has 0 amide bonds. The second-order valence-corrected chi connectivity index (χ2v) is 8.54. The van der Waals surface area contributed by atoms with Crippen LogP contribution in [0.4, 0.5) is 0 Å². The summed E-state index contributed by atoms with van der Waals surface area (Å²) in [6, 6.07) is 0. The average molecular weight is 310 g/mol. The standard InChI is InChI=1S/C22H30O/c1-4-21-14-15(3)20-17-9-7-6-8-16(17)10-11-18(20)19(21)12-13-22(21,23)5-2/h2,8,17-20,23H,3-4,6-7,9-14H2,1H3/t17-,18+,19?,20-,21+,22+/m1/s1. The van der Waals surface area contributed by atoms with Crippen LogP contribution in [-0.2, 0) is 0 Å². The molecule has 0 saturated heterocycles. The van der Waals surface area contributed by atoms with E-state index >= 15 is 0 Å². The Morgan fingerprint density at radius 1 is 1.39 bits per heavy atom. The van der Waals surface area contributed by atoms with Gasteiger partial charge in [-0.25, -0.2) is 0 Å². The quantitative estimate of drug-likeness (QED) is 0.541. The van der Waals surface area contributed by atoms with Gasteiger partial charge in [-0.1, -0.05) is 36.6 Å². The number of fused-ring (bicyclic) bond motifs is 5. The Hall–Kier alpha value is -1.00. The predicted octanol–water partition coefficient (Wildman–Crippen LogP) is 4.87. The van der Waals surface area contributed by atoms with Gasteiger partial charge >= 0.3 is 0 Å². The number of allylic oxidation sites excluding steroid dienone is 3. The molecule has 1 unspecified atom stereocenters. The summed E-state index contributed by atoms with van der Waals surface area (Å²) < 4.78 is 0. The van der Waals surface area contributed by atoms with Crippen molar-refractivity contribution in [3.05, 3.63) is 23.8 Å². The number of aliphatic hydroxyl groups is 1. The lowest BCUT2D eigenvalue weighted by Crippen LogP contribution is -2.54. The van der Waals surface area contributed by atoms with Gasteiger partial charge in [0.2, 0.25) is 0 Å². The van der Waals surface area contributed by atoms with Gasteiger partial charge in [0, 0.05) is 5.41 Å². The summed E-state index contributed by atoms with van der Waals surface area (Å²) in [5.41, 5.74) is 2.08. The fourth-order valence-corrected chi connectivity index (χ4v) is 7.03. The molecule has 0 aromatic carbocycles. The first-order valence-electron chi connectivity index (χ1n) is 9.63. The normalized spacial score (nSPS) is 48.7. The number of hydrogen-bond donors (Lipinski definition) is 1. The highest BCUT2D eigenvalue weighted by atomic mass is 16.3. The third-order valence-electron chi connectivity index (χ3n) is 8.01. The van der Waals surface area contributed by atoms with Gasteiger partial charge in [0.25, 0.3) is 0 Å². The van der Waals surface area contributed by atoms with Crippen LogP contribution in [0.5, 0.6) is 0 Å². The van der Waals surface area contributed by atoms with E-state index in [2.05, 4.69) is 25.5 Å². The van der Waals surface area contributed by atoms with Crippen LogP contribution in [0.2, 0.25) is 0 Å². The van der Waals surface area contributed by atoms with Crippen molar-refractivity contribution in [3.63, 3.8) is 0 Å². The summed E-state index contributed by atoms with van der Waals surface area (Å²) in [7, 11) is 0. The minimum absolute atomic E-state index is 0.115. The zero-order valence-electron chi connectivity index (χ0n) is 14.5. The van der Waals surface area contributed by atoms with Crippen molar-refractivity contribution in [2.75, 3.05) is 0 Å². The van der Waals surface area contributed by atoms with Crippen molar-refractivity contribution >= 4 is 0 Å². The Balaban J connectivity index is 1.74. The summed E-state index contributed by atoms with van der Waals surface area (Å²) in [5, 5.41) is 11.2. The maximum absolute atomic E-state index is 11.2. The predicted molar refractivity (Wildman–Crippen MR) is 94.6 cm³/mol. The molecule has 3 fully saturated rings. The monoisotopic (exact) mass is 310 g/mol. The third kappa shape index (κ3) is 1.91. The van der Waals surface area contributed by atoms with E-state index in [4.69, 9.17) is 6.42 Å². The summed E-state index contributed by atoms with van der Waals surface area (Å²) in [5.74, 6) is 5.48. The zero-order valence-corrected chi connectivity index (χ0v) is 14.5. The van der Waals surface area contributed by atoms with Gasteiger partial charge in [0.15, 0.2) is 0 Å². The highest BCUT2D eigenvalue weighted by Crippen LogP contribution is 2.67. The van der Waals surface area contributed by atoms with Crippen molar-refractivity contribution < 1.29 is 5.11 Å². The van der Waals surface area contributed by atoms with Gasteiger partial charge in [-0.2, -0.15) is 0 Å². The number of hydrogen-bond acceptors (Lipinski definition) is 1. The molecule has 0 aromatic heterocycles. The molecule has 0 heterocycles. The molecule has 1 nitrogen and oxygen atoms in total. The smallest absolute Gasteiger partial charge is 0.131 e. The van der Waals surface area contributed by atoms with E-state index in [0.717, 1.165) is 31.6 Å². The highest BCUT2D eigenvalue weighted by molar-refractivity contribution is 5.32. The Morgan fingerprint density at radius 2 is 2.22 bits per heavy atom. The lowest BCUT2D eigenvalue weighted by atomic mass is 9.48. The van der Waals surface area contributed by atoms with Gasteiger partial charge in [0.05, 0.1) is 0 Å². The van der Waals surface area contributed by atoms with E-state index < -0.39 is 5.60 Å². The first-order chi connectivity index (χ1) is 11.1. The van der Waals surface area contributed by atoms with Crippen LogP contribution in [0.15, 0.2) is 23.8 Å². The van der Waals surface area contributed by atoms with Gasteiger partial charge in [-0.15, -0.1) is 6.42 Å². The molecule has 124 valence electrons. The first-order valence-corrected chi connectivity index (χ1v) is 9.63. The maximum atomic E-state index is 11.2. The molecule has 6 atom stereocenters. The van der Waals surface area contributed by atoms with E-state index in [1.54, 1.807) is 5.57 Å². The fourth-order valence-electron chi connectivity index (χ4n) is 7.03. The van der Waals surface area contributed by atoms with E-state index in [9.17, 15) is 5.11 Å². The summed E-state index contributed by atoms with van der Waals surface area (Å²) in [6.45, 7) is 6.76. The molecule has 1 heteroatoms. The van der Waals surface area contributed by atoms with E-state index in [1.807, 2.05) is 0 Å². The average Bonchev–Trinajstić information content (AvgIpc) is 2.88. The lowest BCUT2D eigenvalue weighted by Gasteiger charge is -2.56. The van der Waals surface area contributed by atoms with Gasteiger partial charge < -0.3 is 5.11 Å². The van der Waals surface area contributed by atoms with Crippen LogP contribution in [0.1, 0.15) is 64.7 Å². The Kier molecular flexibility index (Phi) is 3.54. The van der Waals surface area contributed by atoms with Crippen molar-refractivity contribution in [3.8, 4) is 12.3 Å². The van der Waals surface area contributed by atoms with Gasteiger partial charge in [-0.3, -0.25) is 0 Å². The molecule has 0 bridgehead atoms.